The highest BCUT2D eigenvalue weighted by Gasteiger charge is 2.11. The molecule has 5 heteroatoms. The zero-order chi connectivity index (χ0) is 15.2. The first kappa shape index (κ1) is 15.8. The van der Waals surface area contributed by atoms with E-state index < -0.39 is 12.6 Å². The third-order valence-electron chi connectivity index (χ3n) is 2.18. The van der Waals surface area contributed by atoms with Gasteiger partial charge in [-0.25, -0.2) is 4.79 Å². The lowest BCUT2D eigenvalue weighted by Gasteiger charge is -2.19. The Hall–Kier alpha value is -2.30. The molecule has 0 radical (unpaired) electrons. The van der Waals surface area contributed by atoms with Gasteiger partial charge in [-0.15, -0.1) is 0 Å². The molecule has 0 aliphatic heterocycles. The molecule has 5 nitrogen and oxygen atoms in total. The molecule has 1 rings (SSSR count). The van der Waals surface area contributed by atoms with E-state index in [1.165, 1.54) is 6.08 Å². The van der Waals surface area contributed by atoms with Crippen LogP contribution in [0.3, 0.4) is 0 Å². The van der Waals surface area contributed by atoms with Crippen LogP contribution in [0, 0.1) is 0 Å². The number of amides is 1. The van der Waals surface area contributed by atoms with E-state index in [4.69, 9.17) is 9.84 Å². The van der Waals surface area contributed by atoms with Crippen LogP contribution in [0.5, 0.6) is 5.75 Å². The summed E-state index contributed by atoms with van der Waals surface area (Å²) < 4.78 is 5.15. The quantitative estimate of drug-likeness (QED) is 0.808. The van der Waals surface area contributed by atoms with Crippen LogP contribution in [0.25, 0.3) is 6.08 Å². The van der Waals surface area contributed by atoms with Crippen molar-refractivity contribution in [3.05, 3.63) is 35.9 Å². The predicted octanol–water partition coefficient (Wildman–Crippen LogP) is 2.08. The number of carbonyl (C=O) groups is 2. The van der Waals surface area contributed by atoms with Gasteiger partial charge in [-0.05, 0) is 32.9 Å². The number of benzene rings is 1. The number of hydrogen-bond acceptors (Lipinski definition) is 3. The molecule has 0 saturated carbocycles. The molecule has 0 spiro atoms. The molecule has 1 aromatic carbocycles. The van der Waals surface area contributed by atoms with E-state index in [-0.39, 0.29) is 11.4 Å². The van der Waals surface area contributed by atoms with E-state index in [0.29, 0.717) is 11.3 Å². The predicted molar refractivity (Wildman–Crippen MR) is 76.5 cm³/mol. The highest BCUT2D eigenvalue weighted by molar-refractivity contribution is 5.92. The molecular formula is C15H19NO4. The highest BCUT2D eigenvalue weighted by atomic mass is 16.5. The normalized spacial score (nSPS) is 11.3. The number of para-hydroxylation sites is 1. The van der Waals surface area contributed by atoms with E-state index >= 15 is 0 Å². The number of ether oxygens (including phenoxy) is 1. The second-order valence-corrected chi connectivity index (χ2v) is 5.29. The van der Waals surface area contributed by atoms with Crippen molar-refractivity contribution in [2.75, 3.05) is 6.61 Å². The Balaban J connectivity index is 2.76. The molecule has 108 valence electrons. The van der Waals surface area contributed by atoms with Crippen molar-refractivity contribution >= 4 is 18.0 Å². The third-order valence-corrected chi connectivity index (χ3v) is 2.18. The van der Waals surface area contributed by atoms with Gasteiger partial charge in [-0.2, -0.15) is 0 Å². The lowest BCUT2D eigenvalue weighted by Crippen LogP contribution is -2.39. The summed E-state index contributed by atoms with van der Waals surface area (Å²) in [5, 5.41) is 11.4. The van der Waals surface area contributed by atoms with Gasteiger partial charge in [0.1, 0.15) is 5.75 Å². The average molecular weight is 277 g/mol. The summed E-state index contributed by atoms with van der Waals surface area (Å²) in [5.41, 5.74) is 0.346. The first-order valence-electron chi connectivity index (χ1n) is 6.22. The molecule has 0 atom stereocenters. The Morgan fingerprint density at radius 3 is 2.55 bits per heavy atom. The van der Waals surface area contributed by atoms with Crippen LogP contribution in [0.1, 0.15) is 26.3 Å². The molecule has 0 aromatic heterocycles. The van der Waals surface area contributed by atoms with Gasteiger partial charge in [-0.3, -0.25) is 4.79 Å². The zero-order valence-corrected chi connectivity index (χ0v) is 11.8. The molecule has 0 bridgehead atoms. The maximum Gasteiger partial charge on any atom is 0.341 e. The minimum Gasteiger partial charge on any atom is -0.481 e. The molecule has 0 aliphatic carbocycles. The maximum absolute atomic E-state index is 11.7. The second-order valence-electron chi connectivity index (χ2n) is 5.29. The Morgan fingerprint density at radius 2 is 1.95 bits per heavy atom. The summed E-state index contributed by atoms with van der Waals surface area (Å²) in [7, 11) is 0. The van der Waals surface area contributed by atoms with Crippen LogP contribution in [0.15, 0.2) is 30.3 Å². The van der Waals surface area contributed by atoms with Crippen molar-refractivity contribution < 1.29 is 19.4 Å². The molecule has 0 saturated heterocycles. The van der Waals surface area contributed by atoms with Gasteiger partial charge in [0, 0.05) is 17.2 Å². The van der Waals surface area contributed by atoms with Gasteiger partial charge in [0.05, 0.1) is 0 Å². The third kappa shape index (κ3) is 6.04. The van der Waals surface area contributed by atoms with Crippen molar-refractivity contribution in [2.24, 2.45) is 0 Å². The molecule has 0 unspecified atom stereocenters. The summed E-state index contributed by atoms with van der Waals surface area (Å²) in [6, 6.07) is 6.93. The molecule has 1 aromatic rings. The van der Waals surface area contributed by atoms with Crippen molar-refractivity contribution in [1.29, 1.82) is 0 Å². The average Bonchev–Trinajstić information content (AvgIpc) is 2.32. The summed E-state index contributed by atoms with van der Waals surface area (Å²) in [5.74, 6) is -0.838. The number of aliphatic carboxylic acids is 1. The van der Waals surface area contributed by atoms with Crippen LogP contribution in [0.4, 0.5) is 0 Å². The Morgan fingerprint density at radius 1 is 1.30 bits per heavy atom. The van der Waals surface area contributed by atoms with E-state index in [1.807, 2.05) is 20.8 Å². The van der Waals surface area contributed by atoms with Crippen LogP contribution in [-0.4, -0.2) is 29.1 Å². The molecule has 1 amide bonds. The first-order chi connectivity index (χ1) is 9.28. The topological polar surface area (TPSA) is 75.6 Å². The summed E-state index contributed by atoms with van der Waals surface area (Å²) in [4.78, 5) is 22.2. The fraction of sp³-hybridized carbons (Fsp3) is 0.333. The molecule has 2 N–H and O–H groups in total. The molecule has 20 heavy (non-hydrogen) atoms. The lowest BCUT2D eigenvalue weighted by atomic mass is 10.1. The van der Waals surface area contributed by atoms with Crippen LogP contribution in [0.2, 0.25) is 0 Å². The van der Waals surface area contributed by atoms with E-state index in [0.717, 1.165) is 0 Å². The number of carboxylic acids is 1. The first-order valence-corrected chi connectivity index (χ1v) is 6.22. The van der Waals surface area contributed by atoms with E-state index in [2.05, 4.69) is 5.32 Å². The Kier molecular flexibility index (Phi) is 5.32. The minimum absolute atomic E-state index is 0.217. The minimum atomic E-state index is -1.05. The highest BCUT2D eigenvalue weighted by Crippen LogP contribution is 2.19. The molecule has 0 fully saturated rings. The second kappa shape index (κ2) is 6.75. The number of rotatable bonds is 5. The van der Waals surface area contributed by atoms with Gasteiger partial charge in [0.25, 0.3) is 0 Å². The number of hydrogen-bond donors (Lipinski definition) is 2. The van der Waals surface area contributed by atoms with Crippen LogP contribution >= 0.6 is 0 Å². The van der Waals surface area contributed by atoms with Crippen molar-refractivity contribution in [1.82, 2.24) is 5.32 Å². The number of nitrogens with one attached hydrogen (secondary N) is 1. The fourth-order valence-corrected chi connectivity index (χ4v) is 1.47. The smallest absolute Gasteiger partial charge is 0.341 e. The van der Waals surface area contributed by atoms with Gasteiger partial charge >= 0.3 is 5.97 Å². The lowest BCUT2D eigenvalue weighted by molar-refractivity contribution is -0.139. The van der Waals surface area contributed by atoms with E-state index in [9.17, 15) is 9.59 Å². The van der Waals surface area contributed by atoms with Crippen LogP contribution < -0.4 is 10.1 Å². The number of carboxylic acid groups (broad SMARTS) is 1. The van der Waals surface area contributed by atoms with Gasteiger partial charge < -0.3 is 15.2 Å². The summed E-state index contributed by atoms with van der Waals surface area (Å²) >= 11 is 0. The monoisotopic (exact) mass is 277 g/mol. The zero-order valence-electron chi connectivity index (χ0n) is 11.8. The molecular weight excluding hydrogens is 258 g/mol. The van der Waals surface area contributed by atoms with Crippen molar-refractivity contribution in [2.45, 2.75) is 26.3 Å². The fourth-order valence-electron chi connectivity index (χ4n) is 1.47. The maximum atomic E-state index is 11.7. The van der Waals surface area contributed by atoms with Gasteiger partial charge in [-0.1, -0.05) is 18.2 Å². The largest absolute Gasteiger partial charge is 0.481 e. The molecule has 0 heterocycles. The van der Waals surface area contributed by atoms with Crippen molar-refractivity contribution in [3.8, 4) is 5.75 Å². The number of carbonyl (C=O) groups excluding carboxylic acids is 1. The van der Waals surface area contributed by atoms with Crippen LogP contribution in [-0.2, 0) is 9.59 Å². The summed E-state index contributed by atoms with van der Waals surface area (Å²) in [6.07, 6.45) is 2.99. The summed E-state index contributed by atoms with van der Waals surface area (Å²) in [6.45, 7) is 5.26. The van der Waals surface area contributed by atoms with E-state index in [1.54, 1.807) is 30.3 Å². The Labute approximate surface area is 118 Å². The van der Waals surface area contributed by atoms with Crippen molar-refractivity contribution in [3.63, 3.8) is 0 Å². The molecule has 0 aliphatic rings. The SMILES string of the molecule is CC(C)(C)NC(=O)/C=C/c1ccccc1OCC(=O)O. The standard InChI is InChI=1S/C15H19NO4/c1-15(2,3)16-13(17)9-8-11-6-4-5-7-12(11)20-10-14(18)19/h4-9H,10H2,1-3H3,(H,16,17)(H,18,19)/b9-8+. The van der Waals surface area contributed by atoms with Gasteiger partial charge in [0.2, 0.25) is 5.91 Å². The Bertz CT molecular complexity index is 515. The van der Waals surface area contributed by atoms with Gasteiger partial charge in [0.15, 0.2) is 6.61 Å².